The van der Waals surface area contributed by atoms with Crippen LogP contribution in [0.5, 0.6) is 0 Å². The van der Waals surface area contributed by atoms with Crippen molar-refractivity contribution in [2.24, 2.45) is 0 Å². The Labute approximate surface area is 97.5 Å². The van der Waals surface area contributed by atoms with Crippen molar-refractivity contribution in [1.82, 2.24) is 4.72 Å². The summed E-state index contributed by atoms with van der Waals surface area (Å²) in [5.74, 6) is -1.51. The van der Waals surface area contributed by atoms with Crippen LogP contribution in [-0.4, -0.2) is 20.8 Å². The second kappa shape index (κ2) is 5.56. The van der Waals surface area contributed by atoms with Crippen LogP contribution in [0.1, 0.15) is 6.42 Å². The summed E-state index contributed by atoms with van der Waals surface area (Å²) < 4.78 is 51.1. The first kappa shape index (κ1) is 13.3. The first-order valence-corrected chi connectivity index (χ1v) is 6.50. The van der Waals surface area contributed by atoms with Crippen LogP contribution in [0.25, 0.3) is 0 Å². The van der Waals surface area contributed by atoms with Crippen molar-refractivity contribution in [1.29, 1.82) is 0 Å². The fourth-order valence-electron chi connectivity index (χ4n) is 1.03. The number of alkyl halides is 1. The van der Waals surface area contributed by atoms with E-state index in [1.54, 1.807) is 0 Å². The van der Waals surface area contributed by atoms with Crippen molar-refractivity contribution < 1.29 is 17.2 Å². The summed E-state index contributed by atoms with van der Waals surface area (Å²) in [7, 11) is -4.01. The molecule has 16 heavy (non-hydrogen) atoms. The fraction of sp³-hybridized carbons (Fsp3) is 0.333. The highest BCUT2D eigenvalue weighted by Crippen LogP contribution is 2.15. The molecule has 0 spiro atoms. The molecule has 0 fully saturated rings. The van der Waals surface area contributed by atoms with Gasteiger partial charge < -0.3 is 0 Å². The SMILES string of the molecule is O=S(=O)(NCCCCl)c1cc(F)ccc1F. The van der Waals surface area contributed by atoms with E-state index in [0.717, 1.165) is 12.1 Å². The number of hydrogen-bond donors (Lipinski definition) is 1. The maximum atomic E-state index is 13.2. The Morgan fingerprint density at radius 1 is 1.31 bits per heavy atom. The van der Waals surface area contributed by atoms with E-state index in [2.05, 4.69) is 4.72 Å². The predicted octanol–water partition coefficient (Wildman–Crippen LogP) is 1.87. The zero-order valence-corrected chi connectivity index (χ0v) is 9.78. The topological polar surface area (TPSA) is 46.2 Å². The van der Waals surface area contributed by atoms with Crippen molar-refractivity contribution in [3.8, 4) is 0 Å². The van der Waals surface area contributed by atoms with E-state index in [0.29, 0.717) is 12.5 Å². The average Bonchev–Trinajstić information content (AvgIpc) is 2.22. The largest absolute Gasteiger partial charge is 0.243 e. The minimum atomic E-state index is -4.01. The second-order valence-electron chi connectivity index (χ2n) is 3.02. The van der Waals surface area contributed by atoms with Gasteiger partial charge in [-0.2, -0.15) is 0 Å². The lowest BCUT2D eigenvalue weighted by Gasteiger charge is -2.06. The lowest BCUT2D eigenvalue weighted by molar-refractivity contribution is 0.545. The van der Waals surface area contributed by atoms with Gasteiger partial charge in [-0.05, 0) is 24.6 Å². The van der Waals surface area contributed by atoms with Gasteiger partial charge >= 0.3 is 0 Å². The summed E-state index contributed by atoms with van der Waals surface area (Å²) >= 11 is 5.36. The molecular weight excluding hydrogens is 260 g/mol. The molecule has 0 heterocycles. The third-order valence-corrected chi connectivity index (χ3v) is 3.53. The first-order chi connectivity index (χ1) is 7.47. The molecule has 0 saturated heterocycles. The van der Waals surface area contributed by atoms with Crippen molar-refractivity contribution in [2.45, 2.75) is 11.3 Å². The number of sulfonamides is 1. The van der Waals surface area contributed by atoms with Gasteiger partial charge in [0, 0.05) is 12.4 Å². The number of benzene rings is 1. The average molecular weight is 270 g/mol. The number of hydrogen-bond acceptors (Lipinski definition) is 2. The van der Waals surface area contributed by atoms with Gasteiger partial charge in [0.1, 0.15) is 16.5 Å². The van der Waals surface area contributed by atoms with Gasteiger partial charge in [-0.3, -0.25) is 0 Å². The Kier molecular flexibility index (Phi) is 4.64. The van der Waals surface area contributed by atoms with Crippen LogP contribution < -0.4 is 4.72 Å². The second-order valence-corrected chi connectivity index (χ2v) is 5.13. The molecule has 0 aliphatic carbocycles. The Balaban J connectivity index is 2.93. The summed E-state index contributed by atoms with van der Waals surface area (Å²) in [6.45, 7) is 0.0851. The van der Waals surface area contributed by atoms with E-state index in [4.69, 9.17) is 11.6 Å². The normalized spacial score (nSPS) is 11.7. The van der Waals surface area contributed by atoms with E-state index in [9.17, 15) is 17.2 Å². The third kappa shape index (κ3) is 3.40. The molecule has 1 rings (SSSR count). The van der Waals surface area contributed by atoms with Crippen LogP contribution >= 0.6 is 11.6 Å². The van der Waals surface area contributed by atoms with E-state index in [1.165, 1.54) is 0 Å². The van der Waals surface area contributed by atoms with Gasteiger partial charge in [0.2, 0.25) is 10.0 Å². The molecular formula is C9H10ClF2NO2S. The molecule has 90 valence electrons. The molecule has 0 aliphatic heterocycles. The molecule has 0 bridgehead atoms. The van der Waals surface area contributed by atoms with Gasteiger partial charge in [0.15, 0.2) is 0 Å². The maximum absolute atomic E-state index is 13.2. The number of rotatable bonds is 5. The lowest BCUT2D eigenvalue weighted by atomic mass is 10.3. The summed E-state index contributed by atoms with van der Waals surface area (Å²) in [5.41, 5.74) is 0. The summed E-state index contributed by atoms with van der Waals surface area (Å²) in [4.78, 5) is -0.693. The standard InChI is InChI=1S/C9H10ClF2NO2S/c10-4-1-5-13-16(14,15)9-6-7(11)2-3-8(9)12/h2-3,6,13H,1,4-5H2. The molecule has 0 radical (unpaired) electrons. The van der Waals surface area contributed by atoms with Crippen molar-refractivity contribution in [3.05, 3.63) is 29.8 Å². The third-order valence-electron chi connectivity index (χ3n) is 1.79. The molecule has 1 N–H and O–H groups in total. The van der Waals surface area contributed by atoms with E-state index < -0.39 is 26.6 Å². The van der Waals surface area contributed by atoms with Crippen molar-refractivity contribution in [2.75, 3.05) is 12.4 Å². The molecule has 0 atom stereocenters. The molecule has 0 aliphatic rings. The van der Waals surface area contributed by atoms with Gasteiger partial charge in [-0.1, -0.05) is 0 Å². The monoisotopic (exact) mass is 269 g/mol. The lowest BCUT2D eigenvalue weighted by Crippen LogP contribution is -2.26. The Hall–Kier alpha value is -0.720. The molecule has 0 amide bonds. The molecule has 3 nitrogen and oxygen atoms in total. The van der Waals surface area contributed by atoms with Gasteiger partial charge in [0.25, 0.3) is 0 Å². The number of halogens is 3. The fourth-order valence-corrected chi connectivity index (χ4v) is 2.33. The quantitative estimate of drug-likeness (QED) is 0.655. The van der Waals surface area contributed by atoms with Crippen LogP contribution in [0.3, 0.4) is 0 Å². The highest BCUT2D eigenvalue weighted by molar-refractivity contribution is 7.89. The van der Waals surface area contributed by atoms with Gasteiger partial charge in [-0.15, -0.1) is 11.6 Å². The van der Waals surface area contributed by atoms with E-state index >= 15 is 0 Å². The van der Waals surface area contributed by atoms with Crippen LogP contribution in [0.4, 0.5) is 8.78 Å². The van der Waals surface area contributed by atoms with Crippen molar-refractivity contribution >= 4 is 21.6 Å². The molecule has 0 saturated carbocycles. The molecule has 7 heteroatoms. The predicted molar refractivity (Wildman–Crippen MR) is 56.9 cm³/mol. The van der Waals surface area contributed by atoms with Crippen molar-refractivity contribution in [3.63, 3.8) is 0 Å². The van der Waals surface area contributed by atoms with Gasteiger partial charge in [0.05, 0.1) is 0 Å². The maximum Gasteiger partial charge on any atom is 0.243 e. The Bertz CT molecular complexity index is 465. The summed E-state index contributed by atoms with van der Waals surface area (Å²) in [5, 5.41) is 0. The molecule has 1 aromatic rings. The zero-order chi connectivity index (χ0) is 12.2. The molecule has 0 unspecified atom stereocenters. The summed E-state index contributed by atoms with van der Waals surface area (Å²) in [6, 6.07) is 2.26. The Morgan fingerprint density at radius 2 is 2.00 bits per heavy atom. The first-order valence-electron chi connectivity index (χ1n) is 4.48. The Morgan fingerprint density at radius 3 is 2.62 bits per heavy atom. The van der Waals surface area contributed by atoms with E-state index in [1.807, 2.05) is 0 Å². The smallest absolute Gasteiger partial charge is 0.211 e. The summed E-state index contributed by atoms with van der Waals surface area (Å²) in [6.07, 6.45) is 0.414. The zero-order valence-electron chi connectivity index (χ0n) is 8.21. The molecule has 1 aromatic carbocycles. The number of nitrogens with one attached hydrogen (secondary N) is 1. The van der Waals surface area contributed by atoms with Crippen LogP contribution in [-0.2, 0) is 10.0 Å². The minimum absolute atomic E-state index is 0.0851. The van der Waals surface area contributed by atoms with Crippen LogP contribution in [0, 0.1) is 11.6 Å². The van der Waals surface area contributed by atoms with Crippen LogP contribution in [0.15, 0.2) is 23.1 Å². The van der Waals surface area contributed by atoms with Gasteiger partial charge in [-0.25, -0.2) is 21.9 Å². The highest BCUT2D eigenvalue weighted by atomic mass is 35.5. The van der Waals surface area contributed by atoms with E-state index in [-0.39, 0.29) is 12.4 Å². The van der Waals surface area contributed by atoms with Crippen LogP contribution in [0.2, 0.25) is 0 Å². The minimum Gasteiger partial charge on any atom is -0.211 e. The highest BCUT2D eigenvalue weighted by Gasteiger charge is 2.18. The molecule has 0 aromatic heterocycles.